The summed E-state index contributed by atoms with van der Waals surface area (Å²) in [6.07, 6.45) is 0.0243. The number of benzene rings is 2. The van der Waals surface area contributed by atoms with Crippen LogP contribution in [0, 0.1) is 0 Å². The zero-order valence-electron chi connectivity index (χ0n) is 15.2. The molecule has 0 bridgehead atoms. The molecule has 0 radical (unpaired) electrons. The van der Waals surface area contributed by atoms with Gasteiger partial charge in [-0.1, -0.05) is 42.5 Å². The number of piperidine rings is 1. The maximum Gasteiger partial charge on any atom is 0.219 e. The lowest BCUT2D eigenvalue weighted by Gasteiger charge is -2.36. The minimum absolute atomic E-state index is 0.00801. The number of aliphatic hydroxyl groups excluding tert-OH is 1. The van der Waals surface area contributed by atoms with Crippen LogP contribution >= 0.6 is 0 Å². The molecular weight excluding hydrogens is 340 g/mol. The number of carbonyl (C=O) groups is 1. The Kier molecular flexibility index (Phi) is 4.73. The van der Waals surface area contributed by atoms with E-state index in [1.807, 2.05) is 54.6 Å². The van der Waals surface area contributed by atoms with E-state index in [1.54, 1.807) is 4.90 Å². The van der Waals surface area contributed by atoms with E-state index in [0.29, 0.717) is 31.2 Å². The summed E-state index contributed by atoms with van der Waals surface area (Å²) in [6.45, 7) is 2.49. The maximum absolute atomic E-state index is 11.6. The summed E-state index contributed by atoms with van der Waals surface area (Å²) in [6, 6.07) is 17.5. The molecule has 6 nitrogen and oxygen atoms in total. The minimum atomic E-state index is -0.642. The van der Waals surface area contributed by atoms with Gasteiger partial charge >= 0.3 is 0 Å². The molecule has 1 aliphatic rings. The van der Waals surface area contributed by atoms with Crippen LogP contribution in [-0.4, -0.2) is 51.1 Å². The minimum Gasteiger partial charge on any atom is -0.389 e. The number of para-hydroxylation sites is 1. The van der Waals surface area contributed by atoms with Crippen molar-refractivity contribution < 1.29 is 9.90 Å². The van der Waals surface area contributed by atoms with Crippen LogP contribution in [0.3, 0.4) is 0 Å². The van der Waals surface area contributed by atoms with Crippen molar-refractivity contribution in [3.05, 3.63) is 54.6 Å². The Bertz CT molecular complexity index is 961. The molecule has 2 atom stereocenters. The van der Waals surface area contributed by atoms with Crippen molar-refractivity contribution in [2.45, 2.75) is 25.5 Å². The van der Waals surface area contributed by atoms with Crippen LogP contribution in [0.5, 0.6) is 0 Å². The van der Waals surface area contributed by atoms with Crippen molar-refractivity contribution in [2.75, 3.05) is 18.4 Å². The van der Waals surface area contributed by atoms with Gasteiger partial charge in [-0.3, -0.25) is 4.79 Å². The van der Waals surface area contributed by atoms with E-state index in [9.17, 15) is 9.90 Å². The Morgan fingerprint density at radius 2 is 1.85 bits per heavy atom. The molecule has 6 heteroatoms. The van der Waals surface area contributed by atoms with E-state index in [1.165, 1.54) is 6.92 Å². The van der Waals surface area contributed by atoms with Crippen molar-refractivity contribution >= 4 is 22.6 Å². The number of fused-ring (bicyclic) bond motifs is 1. The molecule has 1 amide bonds. The van der Waals surface area contributed by atoms with E-state index in [4.69, 9.17) is 4.98 Å². The van der Waals surface area contributed by atoms with Crippen LogP contribution in [0.1, 0.15) is 13.3 Å². The Morgan fingerprint density at radius 3 is 2.59 bits per heavy atom. The molecule has 1 fully saturated rings. The number of carbonyl (C=O) groups excluding carboxylic acids is 1. The highest BCUT2D eigenvalue weighted by atomic mass is 16.3. The average Bonchev–Trinajstić information content (AvgIpc) is 2.70. The van der Waals surface area contributed by atoms with Crippen LogP contribution in [-0.2, 0) is 4.79 Å². The fourth-order valence-electron chi connectivity index (χ4n) is 3.46. The van der Waals surface area contributed by atoms with Crippen LogP contribution in [0.2, 0.25) is 0 Å². The lowest BCUT2D eigenvalue weighted by molar-refractivity contribution is -0.132. The summed E-state index contributed by atoms with van der Waals surface area (Å²) in [5.74, 6) is 1.35. The number of rotatable bonds is 3. The largest absolute Gasteiger partial charge is 0.389 e. The Balaban J connectivity index is 1.68. The molecule has 4 rings (SSSR count). The van der Waals surface area contributed by atoms with E-state index in [-0.39, 0.29) is 11.9 Å². The normalized spacial score (nSPS) is 19.9. The Labute approximate surface area is 157 Å². The highest BCUT2D eigenvalue weighted by molar-refractivity contribution is 5.90. The summed E-state index contributed by atoms with van der Waals surface area (Å²) in [5, 5.41) is 14.8. The van der Waals surface area contributed by atoms with E-state index in [0.717, 1.165) is 16.5 Å². The maximum atomic E-state index is 11.6. The number of amides is 1. The fraction of sp³-hybridized carbons (Fsp3) is 0.286. The van der Waals surface area contributed by atoms with Gasteiger partial charge in [0, 0.05) is 31.0 Å². The van der Waals surface area contributed by atoms with Crippen LogP contribution < -0.4 is 5.32 Å². The number of aromatic nitrogens is 2. The molecule has 1 aromatic heterocycles. The standard InChI is InChI=1S/C21H22N4O2/c1-14(26)25-12-11-18(19(27)13-25)23-21-16-9-5-6-10-17(16)22-20(24-21)15-7-3-2-4-8-15/h2-10,18-19,27H,11-13H2,1H3,(H,22,23,24)/t18-,19-/m0/s1. The smallest absolute Gasteiger partial charge is 0.219 e. The van der Waals surface area contributed by atoms with Gasteiger partial charge in [-0.15, -0.1) is 0 Å². The predicted molar refractivity (Wildman–Crippen MR) is 105 cm³/mol. The summed E-state index contributed by atoms with van der Waals surface area (Å²) < 4.78 is 0. The van der Waals surface area contributed by atoms with Crippen molar-refractivity contribution in [1.29, 1.82) is 0 Å². The third-order valence-electron chi connectivity index (χ3n) is 4.98. The number of nitrogens with zero attached hydrogens (tertiary/aromatic N) is 3. The van der Waals surface area contributed by atoms with Gasteiger partial charge in [0.15, 0.2) is 5.82 Å². The molecule has 0 aliphatic carbocycles. The van der Waals surface area contributed by atoms with Crippen molar-refractivity contribution in [3.63, 3.8) is 0 Å². The van der Waals surface area contributed by atoms with E-state index < -0.39 is 6.10 Å². The molecule has 2 aromatic carbocycles. The highest BCUT2D eigenvalue weighted by Gasteiger charge is 2.29. The summed E-state index contributed by atoms with van der Waals surface area (Å²) in [7, 11) is 0. The monoisotopic (exact) mass is 362 g/mol. The van der Waals surface area contributed by atoms with Gasteiger partial charge in [-0.25, -0.2) is 9.97 Å². The average molecular weight is 362 g/mol. The molecule has 2 heterocycles. The van der Waals surface area contributed by atoms with Crippen LogP contribution in [0.4, 0.5) is 5.82 Å². The van der Waals surface area contributed by atoms with Gasteiger partial charge in [0.2, 0.25) is 5.91 Å². The van der Waals surface area contributed by atoms with Crippen molar-refractivity contribution in [2.24, 2.45) is 0 Å². The molecule has 138 valence electrons. The number of likely N-dealkylation sites (tertiary alicyclic amines) is 1. The lowest BCUT2D eigenvalue weighted by Crippen LogP contribution is -2.51. The van der Waals surface area contributed by atoms with Gasteiger partial charge in [0.1, 0.15) is 5.82 Å². The summed E-state index contributed by atoms with van der Waals surface area (Å²) >= 11 is 0. The molecule has 0 saturated carbocycles. The number of β-amino-alcohol motifs (C(OH)–C–C–N with tert-alkyl or cyclic N) is 1. The molecule has 3 aromatic rings. The number of aliphatic hydroxyl groups is 1. The Morgan fingerprint density at radius 1 is 1.11 bits per heavy atom. The van der Waals surface area contributed by atoms with Crippen LogP contribution in [0.15, 0.2) is 54.6 Å². The zero-order chi connectivity index (χ0) is 18.8. The van der Waals surface area contributed by atoms with Crippen molar-refractivity contribution in [3.8, 4) is 11.4 Å². The topological polar surface area (TPSA) is 78.4 Å². The summed E-state index contributed by atoms with van der Waals surface area (Å²) in [4.78, 5) is 22.7. The van der Waals surface area contributed by atoms with E-state index >= 15 is 0 Å². The second kappa shape index (κ2) is 7.32. The second-order valence-electron chi connectivity index (χ2n) is 6.85. The van der Waals surface area contributed by atoms with Crippen molar-refractivity contribution in [1.82, 2.24) is 14.9 Å². The first-order valence-electron chi connectivity index (χ1n) is 9.14. The predicted octanol–water partition coefficient (Wildman–Crippen LogP) is 2.69. The third kappa shape index (κ3) is 3.61. The second-order valence-corrected chi connectivity index (χ2v) is 6.85. The number of hydrogen-bond acceptors (Lipinski definition) is 5. The molecule has 1 saturated heterocycles. The first-order chi connectivity index (χ1) is 13.1. The van der Waals surface area contributed by atoms with Crippen LogP contribution in [0.25, 0.3) is 22.3 Å². The SMILES string of the molecule is CC(=O)N1CC[C@H](Nc2nc(-c3ccccc3)nc3ccccc23)[C@@H](O)C1. The molecule has 0 spiro atoms. The zero-order valence-corrected chi connectivity index (χ0v) is 15.2. The quantitative estimate of drug-likeness (QED) is 0.749. The number of nitrogens with one attached hydrogen (secondary N) is 1. The molecule has 1 aliphatic heterocycles. The fourth-order valence-corrected chi connectivity index (χ4v) is 3.46. The molecule has 2 N–H and O–H groups in total. The first-order valence-corrected chi connectivity index (χ1v) is 9.14. The first kappa shape index (κ1) is 17.4. The van der Waals surface area contributed by atoms with Gasteiger partial charge in [-0.05, 0) is 18.6 Å². The van der Waals surface area contributed by atoms with Gasteiger partial charge in [0.25, 0.3) is 0 Å². The van der Waals surface area contributed by atoms with Gasteiger partial charge < -0.3 is 15.3 Å². The molecule has 0 unspecified atom stereocenters. The van der Waals surface area contributed by atoms with Gasteiger partial charge in [-0.2, -0.15) is 0 Å². The molecular formula is C21H22N4O2. The lowest BCUT2D eigenvalue weighted by atomic mass is 10.0. The third-order valence-corrected chi connectivity index (χ3v) is 4.98. The van der Waals surface area contributed by atoms with E-state index in [2.05, 4.69) is 10.3 Å². The Hall–Kier alpha value is -2.99. The number of hydrogen-bond donors (Lipinski definition) is 2. The molecule has 27 heavy (non-hydrogen) atoms. The highest BCUT2D eigenvalue weighted by Crippen LogP contribution is 2.26. The van der Waals surface area contributed by atoms with Gasteiger partial charge in [0.05, 0.1) is 17.7 Å². The number of anilines is 1. The summed E-state index contributed by atoms with van der Waals surface area (Å²) in [5.41, 5.74) is 1.79.